The number of nitro benzene ring substituents is 1. The number of amides is 1. The van der Waals surface area contributed by atoms with E-state index < -0.39 is 95.1 Å². The Labute approximate surface area is 298 Å². The zero-order chi connectivity index (χ0) is 28.8. The summed E-state index contributed by atoms with van der Waals surface area (Å²) >= 11 is 0. The number of nitrogens with one attached hydrogen (secondary N) is 1. The molecule has 0 aromatic heterocycles. The fourth-order valence-electron chi connectivity index (χ4n) is 3.18. The second-order valence-electron chi connectivity index (χ2n) is 7.31. The van der Waals surface area contributed by atoms with Crippen LogP contribution in [0.2, 0.25) is 0 Å². The molecule has 3 aromatic rings. The molecule has 41 heavy (non-hydrogen) atoms. The molecule has 0 saturated heterocycles. The van der Waals surface area contributed by atoms with Crippen molar-refractivity contribution in [1.82, 2.24) is 0 Å². The molecule has 0 radical (unpaired) electrons. The number of carbonyl (C=O) groups excluding carboxylic acids is 1. The molecule has 202 valence electrons. The third-order valence-corrected chi connectivity index (χ3v) is 7.20. The van der Waals surface area contributed by atoms with Gasteiger partial charge in [-0.25, -0.2) is 16.8 Å². The normalized spacial score (nSPS) is 11.7. The minimum absolute atomic E-state index is 0. The van der Waals surface area contributed by atoms with Crippen LogP contribution in [-0.2, 0) is 35.1 Å². The van der Waals surface area contributed by atoms with Gasteiger partial charge in [-0.05, 0) is 35.7 Å². The molecule has 3 rings (SSSR count). The Hall–Kier alpha value is -1.08. The van der Waals surface area contributed by atoms with Crippen molar-refractivity contribution in [2.24, 2.45) is 10.2 Å². The molecule has 0 bridgehead atoms. The van der Waals surface area contributed by atoms with E-state index >= 15 is 0 Å². The number of anilines is 1. The molecule has 1 amide bonds. The maximum atomic E-state index is 11.9. The number of nitrogens with zero attached hydrogens (tertiary/aromatic N) is 3. The zero-order valence-electron chi connectivity index (χ0n) is 21.4. The monoisotopic (exact) mass is 657 g/mol. The van der Waals surface area contributed by atoms with Crippen LogP contribution in [0.1, 0.15) is 6.92 Å². The predicted molar refractivity (Wildman–Crippen MR) is 123 cm³/mol. The van der Waals surface area contributed by atoms with Gasteiger partial charge < -0.3 is 19.5 Å². The van der Waals surface area contributed by atoms with Crippen molar-refractivity contribution in [2.45, 2.75) is 21.6 Å². The van der Waals surface area contributed by atoms with Gasteiger partial charge in [0.2, 0.25) is 5.91 Å². The SMILES string of the molecule is CC(=O)Nc1cc(S(=O)(=O)O)cc2cc(S(=O)(=O)[O-])c(N=Nc3ccc(S(=O)(=O)[O-])cc3[N+](=O)[O-])c(O)c12.[Na+].[Na+].[Na+]. The predicted octanol–water partition coefficient (Wildman–Crippen LogP) is -7.11. The number of phenolic OH excluding ortho intramolecular Hbond substituents is 1. The number of aromatic hydroxyl groups is 1. The Morgan fingerprint density at radius 3 is 1.95 bits per heavy atom. The van der Waals surface area contributed by atoms with E-state index in [4.69, 9.17) is 0 Å². The number of hydrogen-bond acceptors (Lipinski definition) is 14. The topological polar surface area (TPSA) is 286 Å². The molecule has 3 aromatic carbocycles. The molecule has 0 heterocycles. The second kappa shape index (κ2) is 14.6. The number of hydrogen-bond donors (Lipinski definition) is 3. The number of fused-ring (bicyclic) bond motifs is 1. The van der Waals surface area contributed by atoms with Gasteiger partial charge in [0.1, 0.15) is 25.9 Å². The summed E-state index contributed by atoms with van der Waals surface area (Å²) in [4.78, 5) is 18.7. The Kier molecular flexibility index (Phi) is 14.2. The first-order valence-electron chi connectivity index (χ1n) is 9.51. The van der Waals surface area contributed by atoms with Crippen molar-refractivity contribution in [2.75, 3.05) is 5.32 Å². The number of nitro groups is 1. The number of rotatable bonds is 7. The van der Waals surface area contributed by atoms with Gasteiger partial charge in [0.05, 0.1) is 25.3 Å². The molecule has 0 aliphatic carbocycles. The van der Waals surface area contributed by atoms with Crippen molar-refractivity contribution in [1.29, 1.82) is 0 Å². The molecule has 23 heteroatoms. The van der Waals surface area contributed by atoms with Gasteiger partial charge in [-0.15, -0.1) is 10.2 Å². The van der Waals surface area contributed by atoms with E-state index in [1.54, 1.807) is 0 Å². The van der Waals surface area contributed by atoms with E-state index in [9.17, 15) is 58.9 Å². The van der Waals surface area contributed by atoms with Gasteiger partial charge in [-0.1, -0.05) is 0 Å². The van der Waals surface area contributed by atoms with E-state index in [0.717, 1.165) is 6.92 Å². The Bertz CT molecular complexity index is 1900. The summed E-state index contributed by atoms with van der Waals surface area (Å²) in [6.45, 7) is 0.991. The standard InChI is InChI=1S/C18H14N4O13S3.3Na/c1-8(23)19-13-6-11(37(30,31)32)4-9-5-15(38(33,34)35)17(18(24)16(9)13)21-20-12-3-2-10(36(27,28)29)7-14(12)22(25)26;;;/h2-7,24H,1H3,(H,19,23)(H,27,28,29)(H,30,31,32)(H,33,34,35);;;/q;3*+1/p-2. The van der Waals surface area contributed by atoms with Gasteiger partial charge in [0, 0.05) is 18.4 Å². The fraction of sp³-hybridized carbons (Fsp3) is 0.0556. The summed E-state index contributed by atoms with van der Waals surface area (Å²) in [6, 6.07) is 3.61. The summed E-state index contributed by atoms with van der Waals surface area (Å²) in [7, 11) is -15.5. The molecule has 17 nitrogen and oxygen atoms in total. The van der Waals surface area contributed by atoms with Gasteiger partial charge in [0.15, 0.2) is 11.4 Å². The minimum atomic E-state index is -5.51. The van der Waals surface area contributed by atoms with Crippen molar-refractivity contribution in [3.8, 4) is 5.75 Å². The van der Waals surface area contributed by atoms with Crippen LogP contribution in [0.15, 0.2) is 61.3 Å². The molecule has 0 atom stereocenters. The zero-order valence-corrected chi connectivity index (χ0v) is 29.9. The van der Waals surface area contributed by atoms with Crippen molar-refractivity contribution < 1.29 is 142 Å². The first-order valence-corrected chi connectivity index (χ1v) is 13.8. The van der Waals surface area contributed by atoms with E-state index in [1.165, 1.54) is 0 Å². The van der Waals surface area contributed by atoms with Gasteiger partial charge in [-0.2, -0.15) is 8.42 Å². The third-order valence-electron chi connectivity index (χ3n) is 4.69. The van der Waals surface area contributed by atoms with Crippen LogP contribution >= 0.6 is 0 Å². The molecule has 0 unspecified atom stereocenters. The summed E-state index contributed by atoms with van der Waals surface area (Å²) in [5.74, 6) is -1.95. The van der Waals surface area contributed by atoms with Crippen LogP contribution in [0.5, 0.6) is 5.75 Å². The summed E-state index contributed by atoms with van der Waals surface area (Å²) < 4.78 is 102. The third kappa shape index (κ3) is 9.45. The van der Waals surface area contributed by atoms with E-state index in [0.29, 0.717) is 36.4 Å². The summed E-state index contributed by atoms with van der Waals surface area (Å²) in [5.41, 5.74) is -3.34. The average molecular weight is 657 g/mol. The van der Waals surface area contributed by atoms with Crippen LogP contribution in [0.4, 0.5) is 22.7 Å². The smallest absolute Gasteiger partial charge is 0.744 e. The van der Waals surface area contributed by atoms with Crippen molar-refractivity contribution in [3.05, 3.63) is 46.5 Å². The number of benzene rings is 3. The van der Waals surface area contributed by atoms with Gasteiger partial charge in [-0.3, -0.25) is 19.5 Å². The largest absolute Gasteiger partial charge is 1.00 e. The van der Waals surface area contributed by atoms with Crippen molar-refractivity contribution >= 4 is 69.8 Å². The molecular weight excluding hydrogens is 645 g/mol. The quantitative estimate of drug-likeness (QED) is 0.0701. The maximum absolute atomic E-state index is 11.9. The molecule has 0 aliphatic heterocycles. The average Bonchev–Trinajstić information content (AvgIpc) is 2.75. The Morgan fingerprint density at radius 1 is 0.902 bits per heavy atom. The molecule has 0 spiro atoms. The maximum Gasteiger partial charge on any atom is 1.00 e. The van der Waals surface area contributed by atoms with Crippen molar-refractivity contribution in [3.63, 3.8) is 0 Å². The van der Waals surface area contributed by atoms with E-state index in [2.05, 4.69) is 15.5 Å². The first kappa shape index (κ1) is 39.9. The molecular formula is C18H12N4Na3O13S3+. The van der Waals surface area contributed by atoms with E-state index in [-0.39, 0.29) is 88.7 Å². The Balaban J connectivity index is 0.00000533. The van der Waals surface area contributed by atoms with E-state index in [1.807, 2.05) is 0 Å². The van der Waals surface area contributed by atoms with Crippen LogP contribution in [0, 0.1) is 10.1 Å². The van der Waals surface area contributed by atoms with Crippen LogP contribution < -0.4 is 94.0 Å². The Morgan fingerprint density at radius 2 is 1.49 bits per heavy atom. The number of carbonyl (C=O) groups is 1. The summed E-state index contributed by atoms with van der Waals surface area (Å²) in [5, 5.41) is 30.2. The molecule has 0 fully saturated rings. The minimum Gasteiger partial charge on any atom is -0.744 e. The van der Waals surface area contributed by atoms with Crippen LogP contribution in [0.25, 0.3) is 10.8 Å². The molecule has 3 N–H and O–H groups in total. The van der Waals surface area contributed by atoms with Gasteiger partial charge in [0.25, 0.3) is 15.8 Å². The number of azo groups is 1. The van der Waals surface area contributed by atoms with Crippen LogP contribution in [-0.4, -0.2) is 54.8 Å². The number of phenols is 1. The molecule has 0 aliphatic rings. The summed E-state index contributed by atoms with van der Waals surface area (Å²) in [6.07, 6.45) is 0. The first-order chi connectivity index (χ1) is 17.3. The molecule has 0 saturated carbocycles. The van der Waals surface area contributed by atoms with Gasteiger partial charge >= 0.3 is 88.7 Å². The van der Waals surface area contributed by atoms with Crippen LogP contribution in [0.3, 0.4) is 0 Å². The fourth-order valence-corrected chi connectivity index (χ4v) is 4.86. The second-order valence-corrected chi connectivity index (χ2v) is 11.5.